The van der Waals surface area contributed by atoms with E-state index in [1.54, 1.807) is 12.1 Å². The van der Waals surface area contributed by atoms with Crippen molar-refractivity contribution in [1.82, 2.24) is 40.0 Å². The fourth-order valence-corrected chi connectivity index (χ4v) is 11.7. The third kappa shape index (κ3) is 12.3. The number of piperidine rings is 2. The molecule has 9 rings (SSSR count). The number of piperazine rings is 1. The van der Waals surface area contributed by atoms with E-state index in [0.717, 1.165) is 150 Å². The Bertz CT molecular complexity index is 2500. The number of imide groups is 1. The molecule has 18 heteroatoms. The van der Waals surface area contributed by atoms with Crippen LogP contribution in [0.15, 0.2) is 72.8 Å². The van der Waals surface area contributed by atoms with Gasteiger partial charge in [-0.3, -0.25) is 33.8 Å². The molecule has 4 aromatic rings. The number of aromatic nitrogens is 2. The third-order valence-corrected chi connectivity index (χ3v) is 15.6. The van der Waals surface area contributed by atoms with Gasteiger partial charge in [0.05, 0.1) is 22.7 Å². The molecule has 3 atom stereocenters. The summed E-state index contributed by atoms with van der Waals surface area (Å²) in [6.07, 6.45) is 10.0. The summed E-state index contributed by atoms with van der Waals surface area (Å²) in [5.41, 5.74) is 8.12. The number of hydrogen-bond acceptors (Lipinski definition) is 14. The number of rotatable bonds is 21. The number of carbonyl (C=O) groups is 6. The summed E-state index contributed by atoms with van der Waals surface area (Å²) < 4.78 is 8.12. The second-order valence-electron chi connectivity index (χ2n) is 19.7. The highest BCUT2D eigenvalue weighted by Crippen LogP contribution is 2.40. The number of aldehydes is 2. The molecule has 390 valence electrons. The van der Waals surface area contributed by atoms with Crippen molar-refractivity contribution in [3.8, 4) is 22.8 Å². The standard InChI is InChI=1S/C54H68N10O7.CH5N/c1-55-52(68)49(8-5-33-65)63-53(69)45-14-11-42(34-46(45)54(63)70)62-31-29-61(30-32-62)41(15-22-56-37-67)21-28-59-24-17-38(18-25-59)35-60-26-19-39(20-27-60)48-16-23-57-51-47(36-66)50(58-64(48)51)40-9-12-44(13-10-40)71-43-6-3-2-4-7-43;1-2/h2-4,6-7,9-14,33-34,36-39,41,48-49,57H,5,8,15-32,35H2,1H3,(H,55,68)(H,56,67);2H2,1H3. The van der Waals surface area contributed by atoms with Gasteiger partial charge < -0.3 is 45.9 Å². The van der Waals surface area contributed by atoms with Crippen LogP contribution >= 0.6 is 0 Å². The van der Waals surface area contributed by atoms with E-state index < -0.39 is 23.8 Å². The van der Waals surface area contributed by atoms with Gasteiger partial charge in [0.15, 0.2) is 6.29 Å². The zero-order chi connectivity index (χ0) is 51.3. The molecule has 73 heavy (non-hydrogen) atoms. The summed E-state index contributed by atoms with van der Waals surface area (Å²) in [5, 5.41) is 14.0. The van der Waals surface area contributed by atoms with Crippen molar-refractivity contribution < 1.29 is 33.5 Å². The number of nitrogens with two attached hydrogens (primary N) is 1. The topological polar surface area (TPSA) is 208 Å². The number of anilines is 2. The van der Waals surface area contributed by atoms with Crippen LogP contribution in [0.4, 0.5) is 11.5 Å². The number of fused-ring (bicyclic) bond motifs is 2. The van der Waals surface area contributed by atoms with Gasteiger partial charge >= 0.3 is 0 Å². The first kappa shape index (κ1) is 52.8. The van der Waals surface area contributed by atoms with Gasteiger partial charge in [-0.25, -0.2) is 4.68 Å². The summed E-state index contributed by atoms with van der Waals surface area (Å²) in [7, 11) is 2.95. The second kappa shape index (κ2) is 25.5. The maximum absolute atomic E-state index is 13.6. The summed E-state index contributed by atoms with van der Waals surface area (Å²) in [6, 6.07) is 22.3. The Balaban J connectivity index is 0.00000351. The molecule has 1 aromatic heterocycles. The molecule has 6 heterocycles. The Labute approximate surface area is 428 Å². The zero-order valence-electron chi connectivity index (χ0n) is 42.5. The van der Waals surface area contributed by atoms with Crippen LogP contribution in [-0.2, 0) is 14.4 Å². The lowest BCUT2D eigenvalue weighted by Crippen LogP contribution is -2.52. The van der Waals surface area contributed by atoms with E-state index in [2.05, 4.69) is 46.0 Å². The van der Waals surface area contributed by atoms with Gasteiger partial charge in [-0.2, -0.15) is 5.10 Å². The lowest BCUT2D eigenvalue weighted by atomic mass is 9.86. The smallest absolute Gasteiger partial charge is 0.262 e. The number of likely N-dealkylation sites (N-methyl/N-ethyl adjacent to an activating group) is 1. The molecule has 0 spiro atoms. The zero-order valence-corrected chi connectivity index (χ0v) is 42.5. The predicted molar refractivity (Wildman–Crippen MR) is 281 cm³/mol. The van der Waals surface area contributed by atoms with Crippen molar-refractivity contribution in [2.24, 2.45) is 17.6 Å². The highest BCUT2D eigenvalue weighted by molar-refractivity contribution is 6.23. The molecule has 3 saturated heterocycles. The number of nitrogens with one attached hydrogen (secondary N) is 3. The van der Waals surface area contributed by atoms with Gasteiger partial charge in [-0.1, -0.05) is 18.2 Å². The van der Waals surface area contributed by atoms with Crippen molar-refractivity contribution in [3.63, 3.8) is 0 Å². The van der Waals surface area contributed by atoms with E-state index in [1.807, 2.05) is 60.7 Å². The Morgan fingerprint density at radius 1 is 0.808 bits per heavy atom. The largest absolute Gasteiger partial charge is 0.457 e. The number of likely N-dealkylation sites (tertiary alicyclic amines) is 2. The van der Waals surface area contributed by atoms with Crippen molar-refractivity contribution in [2.45, 2.75) is 75.9 Å². The first-order valence-corrected chi connectivity index (χ1v) is 26.3. The van der Waals surface area contributed by atoms with Crippen LogP contribution in [-0.4, -0.2) is 171 Å². The van der Waals surface area contributed by atoms with Gasteiger partial charge in [-0.05, 0) is 158 Å². The first-order chi connectivity index (χ1) is 35.8. The van der Waals surface area contributed by atoms with Crippen molar-refractivity contribution in [3.05, 3.63) is 89.5 Å². The van der Waals surface area contributed by atoms with Crippen LogP contribution in [0.25, 0.3) is 11.3 Å². The molecule has 0 aliphatic carbocycles. The van der Waals surface area contributed by atoms with Gasteiger partial charge in [0, 0.05) is 76.6 Å². The summed E-state index contributed by atoms with van der Waals surface area (Å²) in [4.78, 5) is 85.5. The Morgan fingerprint density at radius 2 is 1.51 bits per heavy atom. The number of benzene rings is 3. The number of ether oxygens (including phenoxy) is 1. The van der Waals surface area contributed by atoms with Gasteiger partial charge in [0.2, 0.25) is 12.3 Å². The SMILES string of the molecule is CN.CNC(=O)C(CCC=O)N1C(=O)c2ccc(N3CCN(C(CCNC=O)CCN4CCC(CN5CCC(C6CCNc7c(C=O)c(-c8ccc(Oc9ccccc9)cc8)nn76)CC5)CC4)CC3)cc2C1=O. The van der Waals surface area contributed by atoms with Crippen molar-refractivity contribution in [1.29, 1.82) is 0 Å². The molecule has 0 saturated carbocycles. The number of hydrogen-bond donors (Lipinski definition) is 4. The normalized spacial score (nSPS) is 19.7. The van der Waals surface area contributed by atoms with Gasteiger partial charge in [-0.15, -0.1) is 0 Å². The molecule has 4 amide bonds. The van der Waals surface area contributed by atoms with E-state index in [1.165, 1.54) is 26.9 Å². The summed E-state index contributed by atoms with van der Waals surface area (Å²) in [6.45, 7) is 11.1. The molecule has 5 aliphatic heterocycles. The Hall–Kier alpha value is -6.47. The monoisotopic (exact) mass is 1000 g/mol. The average molecular weight is 1000 g/mol. The molecule has 3 aromatic carbocycles. The predicted octanol–water partition coefficient (Wildman–Crippen LogP) is 4.92. The van der Waals surface area contributed by atoms with Crippen LogP contribution in [0, 0.1) is 11.8 Å². The lowest BCUT2D eigenvalue weighted by molar-refractivity contribution is -0.124. The number of nitrogens with zero attached hydrogens (tertiary/aromatic N) is 7. The lowest BCUT2D eigenvalue weighted by Gasteiger charge is -2.42. The fraction of sp³-hybridized carbons (Fsp3) is 0.509. The van der Waals surface area contributed by atoms with E-state index in [4.69, 9.17) is 9.84 Å². The van der Waals surface area contributed by atoms with E-state index in [9.17, 15) is 28.8 Å². The van der Waals surface area contributed by atoms with Crippen LogP contribution in [0.1, 0.15) is 94.9 Å². The quantitative estimate of drug-likeness (QED) is 0.0497. The van der Waals surface area contributed by atoms with Crippen LogP contribution in [0.5, 0.6) is 11.5 Å². The number of amides is 4. The second-order valence-corrected chi connectivity index (χ2v) is 19.7. The minimum absolute atomic E-state index is 0.0567. The van der Waals surface area contributed by atoms with Crippen LogP contribution in [0.3, 0.4) is 0 Å². The maximum Gasteiger partial charge on any atom is 0.262 e. The molecule has 3 unspecified atom stereocenters. The summed E-state index contributed by atoms with van der Waals surface area (Å²) >= 11 is 0. The molecular weight excluding hydrogens is 927 g/mol. The van der Waals surface area contributed by atoms with E-state index >= 15 is 0 Å². The van der Waals surface area contributed by atoms with Crippen LogP contribution < -0.4 is 31.3 Å². The summed E-state index contributed by atoms with van der Waals surface area (Å²) in [5.74, 6) is 2.01. The molecule has 3 fully saturated rings. The van der Waals surface area contributed by atoms with Crippen molar-refractivity contribution >= 4 is 48.2 Å². The molecule has 5 aliphatic rings. The average Bonchev–Trinajstić information content (AvgIpc) is 3.94. The Kier molecular flexibility index (Phi) is 18.4. The van der Waals surface area contributed by atoms with Crippen molar-refractivity contribution in [2.75, 3.05) is 103 Å². The Morgan fingerprint density at radius 3 is 2.19 bits per heavy atom. The molecule has 0 bridgehead atoms. The van der Waals surface area contributed by atoms with Gasteiger partial charge in [0.1, 0.15) is 35.3 Å². The van der Waals surface area contributed by atoms with Crippen LogP contribution in [0.2, 0.25) is 0 Å². The first-order valence-electron chi connectivity index (χ1n) is 26.3. The highest BCUT2D eigenvalue weighted by Gasteiger charge is 2.43. The molecular formula is C55H73N11O7. The minimum atomic E-state index is -1.05. The van der Waals surface area contributed by atoms with E-state index in [0.29, 0.717) is 42.0 Å². The highest BCUT2D eigenvalue weighted by atomic mass is 16.5. The minimum Gasteiger partial charge on any atom is -0.457 e. The molecule has 0 radical (unpaired) electrons. The number of para-hydroxylation sites is 1. The fourth-order valence-electron chi connectivity index (χ4n) is 11.7. The number of carbonyl (C=O) groups excluding carboxylic acids is 6. The van der Waals surface area contributed by atoms with E-state index in [-0.39, 0.29) is 30.0 Å². The molecule has 5 N–H and O–H groups in total. The third-order valence-electron chi connectivity index (χ3n) is 15.6. The van der Waals surface area contributed by atoms with Gasteiger partial charge in [0.25, 0.3) is 11.8 Å². The molecule has 18 nitrogen and oxygen atoms in total. The maximum atomic E-state index is 13.6.